The Kier molecular flexibility index (Phi) is 7.10. The maximum Gasteiger partial charge on any atom is 0.298 e. The fraction of sp³-hybridized carbons (Fsp3) is 0.360. The van der Waals surface area contributed by atoms with E-state index in [1.807, 2.05) is 31.2 Å². The number of oxazole rings is 1. The minimum Gasteiger partial charge on any atom is -0.423 e. The van der Waals surface area contributed by atoms with Crippen LogP contribution < -0.4 is 16.0 Å². The van der Waals surface area contributed by atoms with Crippen LogP contribution in [0.3, 0.4) is 0 Å². The molecule has 34 heavy (non-hydrogen) atoms. The Balaban J connectivity index is 1.26. The lowest BCUT2D eigenvalue weighted by molar-refractivity contribution is -0.136. The summed E-state index contributed by atoms with van der Waals surface area (Å²) in [5, 5.41) is 2.79. The topological polar surface area (TPSA) is 122 Å². The smallest absolute Gasteiger partial charge is 0.298 e. The lowest BCUT2D eigenvalue weighted by Gasteiger charge is -2.33. The second kappa shape index (κ2) is 10.4. The molecule has 3 N–H and O–H groups in total. The Morgan fingerprint density at radius 1 is 1.12 bits per heavy atom. The number of para-hydroxylation sites is 2. The number of aromatic nitrogens is 1. The number of anilines is 2. The van der Waals surface area contributed by atoms with Crippen LogP contribution in [0, 0.1) is 5.92 Å². The molecule has 2 heterocycles. The monoisotopic (exact) mass is 463 g/mol. The quantitative estimate of drug-likeness (QED) is 0.530. The highest BCUT2D eigenvalue weighted by molar-refractivity contribution is 5.95. The normalized spacial score (nSPS) is 14.2. The van der Waals surface area contributed by atoms with Crippen LogP contribution >= 0.6 is 0 Å². The molecule has 1 aliphatic heterocycles. The zero-order valence-corrected chi connectivity index (χ0v) is 19.2. The maximum atomic E-state index is 13.1. The molecule has 1 saturated heterocycles. The van der Waals surface area contributed by atoms with Gasteiger partial charge < -0.3 is 25.3 Å². The number of nitrogens with one attached hydrogen (secondary N) is 1. The first kappa shape index (κ1) is 23.3. The van der Waals surface area contributed by atoms with E-state index >= 15 is 0 Å². The molecule has 9 heteroatoms. The lowest BCUT2D eigenvalue weighted by atomic mass is 9.95. The molecule has 0 radical (unpaired) electrons. The van der Waals surface area contributed by atoms with Crippen molar-refractivity contribution in [3.05, 3.63) is 54.1 Å². The number of nitrogens with two attached hydrogens (primary N) is 1. The summed E-state index contributed by atoms with van der Waals surface area (Å²) in [6.07, 6.45) is 1.62. The predicted molar refractivity (Wildman–Crippen MR) is 129 cm³/mol. The fourth-order valence-corrected chi connectivity index (χ4v) is 4.17. The molecule has 3 amide bonds. The predicted octanol–water partition coefficient (Wildman–Crippen LogP) is 3.02. The Morgan fingerprint density at radius 3 is 2.47 bits per heavy atom. The van der Waals surface area contributed by atoms with Gasteiger partial charge in [-0.1, -0.05) is 12.1 Å². The average molecular weight is 464 g/mol. The van der Waals surface area contributed by atoms with Crippen molar-refractivity contribution in [1.82, 2.24) is 9.88 Å². The van der Waals surface area contributed by atoms with Crippen LogP contribution in [0.5, 0.6) is 0 Å². The molecule has 0 bridgehead atoms. The van der Waals surface area contributed by atoms with Crippen LogP contribution in [0.1, 0.15) is 36.5 Å². The molecule has 1 aliphatic rings. The maximum absolute atomic E-state index is 13.1. The summed E-state index contributed by atoms with van der Waals surface area (Å²) in [4.78, 5) is 45.0. The summed E-state index contributed by atoms with van der Waals surface area (Å²) in [5.41, 5.74) is 7.78. The van der Waals surface area contributed by atoms with Crippen molar-refractivity contribution < 1.29 is 18.8 Å². The van der Waals surface area contributed by atoms with Crippen molar-refractivity contribution in [2.24, 2.45) is 11.7 Å². The zero-order chi connectivity index (χ0) is 24.1. The molecular weight excluding hydrogens is 434 g/mol. The van der Waals surface area contributed by atoms with Crippen LogP contribution in [-0.2, 0) is 9.59 Å². The number of fused-ring (bicyclic) bond motifs is 1. The van der Waals surface area contributed by atoms with Gasteiger partial charge in [-0.25, -0.2) is 0 Å². The van der Waals surface area contributed by atoms with E-state index in [-0.39, 0.29) is 24.2 Å². The Bertz CT molecular complexity index is 1130. The molecule has 0 aliphatic carbocycles. The molecule has 0 atom stereocenters. The summed E-state index contributed by atoms with van der Waals surface area (Å²) in [6.45, 7) is 4.22. The Labute approximate surface area is 197 Å². The summed E-state index contributed by atoms with van der Waals surface area (Å²) in [6, 6.07) is 14.6. The van der Waals surface area contributed by atoms with Crippen LogP contribution in [0.15, 0.2) is 52.9 Å². The third-order valence-electron chi connectivity index (χ3n) is 6.15. The van der Waals surface area contributed by atoms with Gasteiger partial charge in [-0.2, -0.15) is 4.98 Å². The summed E-state index contributed by atoms with van der Waals surface area (Å²) in [7, 11) is 0. The first-order valence-electron chi connectivity index (χ1n) is 11.5. The number of rotatable bonds is 8. The van der Waals surface area contributed by atoms with E-state index in [0.29, 0.717) is 56.3 Å². The largest absolute Gasteiger partial charge is 0.423 e. The molecule has 1 aromatic heterocycles. The Morgan fingerprint density at radius 2 is 1.82 bits per heavy atom. The molecule has 0 spiro atoms. The van der Waals surface area contributed by atoms with Gasteiger partial charge in [0.15, 0.2) is 5.58 Å². The minimum atomic E-state index is -0.519. The fourth-order valence-electron chi connectivity index (χ4n) is 4.17. The van der Waals surface area contributed by atoms with E-state index < -0.39 is 5.91 Å². The molecule has 2 aromatic carbocycles. The van der Waals surface area contributed by atoms with Gasteiger partial charge in [0.1, 0.15) is 5.52 Å². The van der Waals surface area contributed by atoms with Gasteiger partial charge in [0, 0.05) is 49.8 Å². The van der Waals surface area contributed by atoms with E-state index in [1.165, 1.54) is 0 Å². The average Bonchev–Trinajstić information content (AvgIpc) is 3.29. The molecule has 0 saturated carbocycles. The van der Waals surface area contributed by atoms with Crippen LogP contribution in [0.2, 0.25) is 0 Å². The number of hydrogen-bond acceptors (Lipinski definition) is 6. The van der Waals surface area contributed by atoms with Crippen LogP contribution in [-0.4, -0.2) is 53.8 Å². The zero-order valence-electron chi connectivity index (χ0n) is 19.2. The second-order valence-electron chi connectivity index (χ2n) is 8.38. The number of nitrogens with zero attached hydrogens (tertiary/aromatic N) is 3. The number of hydrogen-bond donors (Lipinski definition) is 2. The van der Waals surface area contributed by atoms with Crippen molar-refractivity contribution >= 4 is 40.5 Å². The number of primary amides is 1. The number of benzene rings is 2. The Hall–Kier alpha value is -3.88. The van der Waals surface area contributed by atoms with Crippen molar-refractivity contribution in [1.29, 1.82) is 0 Å². The van der Waals surface area contributed by atoms with E-state index in [2.05, 4.69) is 15.2 Å². The third-order valence-corrected chi connectivity index (χ3v) is 6.15. The highest BCUT2D eigenvalue weighted by atomic mass is 16.4. The van der Waals surface area contributed by atoms with Gasteiger partial charge in [-0.3, -0.25) is 14.4 Å². The van der Waals surface area contributed by atoms with Gasteiger partial charge >= 0.3 is 0 Å². The van der Waals surface area contributed by atoms with Crippen LogP contribution in [0.25, 0.3) is 11.1 Å². The molecule has 1 fully saturated rings. The highest BCUT2D eigenvalue weighted by Crippen LogP contribution is 2.27. The van der Waals surface area contributed by atoms with Crippen LogP contribution in [0.4, 0.5) is 11.7 Å². The van der Waals surface area contributed by atoms with Gasteiger partial charge in [-0.05, 0) is 56.2 Å². The number of piperidine rings is 1. The van der Waals surface area contributed by atoms with E-state index in [1.54, 1.807) is 29.2 Å². The van der Waals surface area contributed by atoms with E-state index in [9.17, 15) is 14.4 Å². The highest BCUT2D eigenvalue weighted by Gasteiger charge is 2.29. The molecule has 3 aromatic rings. The minimum absolute atomic E-state index is 0.0787. The second-order valence-corrected chi connectivity index (χ2v) is 8.38. The van der Waals surface area contributed by atoms with Crippen molar-refractivity contribution in [3.8, 4) is 0 Å². The molecule has 4 rings (SSSR count). The number of carbonyl (C=O) groups is 3. The number of amides is 3. The molecule has 178 valence electrons. The van der Waals surface area contributed by atoms with E-state index in [0.717, 1.165) is 11.1 Å². The van der Waals surface area contributed by atoms with Gasteiger partial charge in [-0.15, -0.1) is 0 Å². The van der Waals surface area contributed by atoms with Crippen molar-refractivity contribution in [3.63, 3.8) is 0 Å². The summed E-state index contributed by atoms with van der Waals surface area (Å²) < 4.78 is 5.86. The van der Waals surface area contributed by atoms with Gasteiger partial charge in [0.25, 0.3) is 6.01 Å². The van der Waals surface area contributed by atoms with Crippen molar-refractivity contribution in [2.75, 3.05) is 36.4 Å². The van der Waals surface area contributed by atoms with Gasteiger partial charge in [0.2, 0.25) is 17.7 Å². The standard InChI is InChI=1S/C25H29N5O4/c1-2-29(16-13-22(31)27-19-9-7-17(8-10-19)23(26)32)24(33)18-11-14-30(15-12-18)25-28-20-5-3-4-6-21(20)34-25/h3-10,18H,2,11-16H2,1H3,(H2,26,32)(H,27,31). The molecular formula is C25H29N5O4. The SMILES string of the molecule is CCN(CCC(=O)Nc1ccc(C(N)=O)cc1)C(=O)C1CCN(c2nc3ccccc3o2)CC1. The van der Waals surface area contributed by atoms with Crippen molar-refractivity contribution in [2.45, 2.75) is 26.2 Å². The first-order valence-corrected chi connectivity index (χ1v) is 11.5. The molecule has 9 nitrogen and oxygen atoms in total. The first-order chi connectivity index (χ1) is 16.4. The van der Waals surface area contributed by atoms with Gasteiger partial charge in [0.05, 0.1) is 0 Å². The summed E-state index contributed by atoms with van der Waals surface area (Å²) in [5.74, 6) is -0.707. The van der Waals surface area contributed by atoms with E-state index in [4.69, 9.17) is 10.2 Å². The third kappa shape index (κ3) is 5.36. The summed E-state index contributed by atoms with van der Waals surface area (Å²) >= 11 is 0. The molecule has 0 unspecified atom stereocenters. The lowest BCUT2D eigenvalue weighted by Crippen LogP contribution is -2.43. The number of carbonyl (C=O) groups excluding carboxylic acids is 3.